The summed E-state index contributed by atoms with van der Waals surface area (Å²) in [6.45, 7) is -0.413. The van der Waals surface area contributed by atoms with Gasteiger partial charge in [0, 0.05) is 23.4 Å². The van der Waals surface area contributed by atoms with Gasteiger partial charge in [-0.25, -0.2) is 4.79 Å². The Balaban J connectivity index is 1.35. The van der Waals surface area contributed by atoms with Crippen LogP contribution in [0.15, 0.2) is 65.7 Å². The highest BCUT2D eigenvalue weighted by molar-refractivity contribution is 7.10. The van der Waals surface area contributed by atoms with Gasteiger partial charge in [0.05, 0.1) is 5.56 Å². The zero-order chi connectivity index (χ0) is 23.4. The zero-order valence-electron chi connectivity index (χ0n) is 17.2. The Labute approximate surface area is 192 Å². The molecular weight excluding hydrogens is 446 g/mol. The molecule has 3 N–H and O–H groups in total. The standard InChI is InChI=1S/C24H19NO7S/c26-15-5-3-14(4-6-15)10-19(24(29)30)25-22(27)13-31-16-7-8-18-20(11-16)32-21(23(18)28)12-17-2-1-9-33-17/h1-9,11-12,19,26H,10,13H2,(H,25,27)(H,29,30). The maximum atomic E-state index is 12.5. The summed E-state index contributed by atoms with van der Waals surface area (Å²) in [5, 5.41) is 23.1. The summed E-state index contributed by atoms with van der Waals surface area (Å²) in [6, 6.07) is 13.3. The van der Waals surface area contributed by atoms with E-state index in [1.807, 2.05) is 17.5 Å². The third-order valence-corrected chi connectivity index (χ3v) is 5.66. The van der Waals surface area contributed by atoms with E-state index in [4.69, 9.17) is 9.47 Å². The second-order valence-electron chi connectivity index (χ2n) is 7.23. The van der Waals surface area contributed by atoms with Crippen LogP contribution in [0.4, 0.5) is 0 Å². The van der Waals surface area contributed by atoms with Gasteiger partial charge in [-0.15, -0.1) is 11.3 Å². The molecular formula is C24H19NO7S. The Bertz CT molecular complexity index is 1220. The highest BCUT2D eigenvalue weighted by Crippen LogP contribution is 2.35. The number of carboxylic acids is 1. The van der Waals surface area contributed by atoms with Crippen LogP contribution >= 0.6 is 11.3 Å². The van der Waals surface area contributed by atoms with Crippen LogP contribution in [-0.2, 0) is 16.0 Å². The fraction of sp³-hybridized carbons (Fsp3) is 0.125. The van der Waals surface area contributed by atoms with Crippen molar-refractivity contribution < 1.29 is 34.1 Å². The van der Waals surface area contributed by atoms with Crippen LogP contribution in [0, 0.1) is 0 Å². The number of thiophene rings is 1. The minimum atomic E-state index is -1.19. The van der Waals surface area contributed by atoms with E-state index in [-0.39, 0.29) is 23.7 Å². The molecule has 0 radical (unpaired) electrons. The highest BCUT2D eigenvalue weighted by atomic mass is 32.1. The average Bonchev–Trinajstić information content (AvgIpc) is 3.41. The van der Waals surface area contributed by atoms with Gasteiger partial charge in [0.2, 0.25) is 5.78 Å². The van der Waals surface area contributed by atoms with Crippen molar-refractivity contribution in [3.05, 3.63) is 81.7 Å². The third kappa shape index (κ3) is 5.39. The largest absolute Gasteiger partial charge is 0.508 e. The van der Waals surface area contributed by atoms with E-state index in [0.717, 1.165) is 4.88 Å². The molecule has 0 saturated heterocycles. The molecule has 9 heteroatoms. The number of rotatable bonds is 8. The van der Waals surface area contributed by atoms with Crippen molar-refractivity contribution in [1.82, 2.24) is 5.32 Å². The van der Waals surface area contributed by atoms with Crippen molar-refractivity contribution in [3.8, 4) is 17.2 Å². The normalized spacial score (nSPS) is 14.4. The fourth-order valence-corrected chi connectivity index (χ4v) is 3.86. The maximum Gasteiger partial charge on any atom is 0.326 e. The van der Waals surface area contributed by atoms with E-state index in [1.54, 1.807) is 30.3 Å². The number of carbonyl (C=O) groups is 3. The first-order valence-electron chi connectivity index (χ1n) is 9.94. The topological polar surface area (TPSA) is 122 Å². The Hall–Kier alpha value is -4.11. The van der Waals surface area contributed by atoms with Gasteiger partial charge in [0.25, 0.3) is 5.91 Å². The Morgan fingerprint density at radius 2 is 1.94 bits per heavy atom. The Morgan fingerprint density at radius 1 is 1.15 bits per heavy atom. The summed E-state index contributed by atoms with van der Waals surface area (Å²) < 4.78 is 11.1. The molecule has 1 aromatic heterocycles. The van der Waals surface area contributed by atoms with E-state index in [2.05, 4.69) is 5.32 Å². The second kappa shape index (κ2) is 9.58. The van der Waals surface area contributed by atoms with E-state index in [1.165, 1.54) is 29.5 Å². The molecule has 168 valence electrons. The average molecular weight is 465 g/mol. The lowest BCUT2D eigenvalue weighted by atomic mass is 10.1. The summed E-state index contributed by atoms with van der Waals surface area (Å²) in [4.78, 5) is 37.2. The van der Waals surface area contributed by atoms with Gasteiger partial charge in [-0.2, -0.15) is 0 Å². The van der Waals surface area contributed by atoms with Gasteiger partial charge in [-0.3, -0.25) is 9.59 Å². The second-order valence-corrected chi connectivity index (χ2v) is 8.21. The van der Waals surface area contributed by atoms with Crippen LogP contribution in [-0.4, -0.2) is 40.5 Å². The highest BCUT2D eigenvalue weighted by Gasteiger charge is 2.28. The molecule has 2 heterocycles. The number of aromatic hydroxyl groups is 1. The molecule has 1 amide bonds. The van der Waals surface area contributed by atoms with Crippen molar-refractivity contribution in [3.63, 3.8) is 0 Å². The predicted molar refractivity (Wildman–Crippen MR) is 121 cm³/mol. The van der Waals surface area contributed by atoms with Crippen LogP contribution in [0.25, 0.3) is 6.08 Å². The van der Waals surface area contributed by atoms with Gasteiger partial charge >= 0.3 is 5.97 Å². The van der Waals surface area contributed by atoms with Crippen LogP contribution < -0.4 is 14.8 Å². The quantitative estimate of drug-likeness (QED) is 0.437. The number of amides is 1. The summed E-state index contributed by atoms with van der Waals surface area (Å²) in [6.07, 6.45) is 1.72. The number of phenols is 1. The van der Waals surface area contributed by atoms with E-state index < -0.39 is 24.5 Å². The molecule has 0 aliphatic carbocycles. The number of Topliss-reactive ketones (excluding diaryl/α,β-unsaturated/α-hetero) is 1. The molecule has 1 unspecified atom stereocenters. The Kier molecular flexibility index (Phi) is 6.41. The number of nitrogens with one attached hydrogen (secondary N) is 1. The zero-order valence-corrected chi connectivity index (χ0v) is 18.0. The number of fused-ring (bicyclic) bond motifs is 1. The number of carbonyl (C=O) groups excluding carboxylic acids is 2. The summed E-state index contributed by atoms with van der Waals surface area (Å²) >= 11 is 1.48. The van der Waals surface area contributed by atoms with Crippen molar-refractivity contribution in [2.75, 3.05) is 6.61 Å². The van der Waals surface area contributed by atoms with Gasteiger partial charge in [0.1, 0.15) is 23.3 Å². The van der Waals surface area contributed by atoms with Gasteiger partial charge in [0.15, 0.2) is 12.4 Å². The number of phenolic OH excluding ortho intramolecular Hbond substituents is 1. The number of hydrogen-bond donors (Lipinski definition) is 3. The number of aliphatic carboxylic acids is 1. The monoisotopic (exact) mass is 465 g/mol. The molecule has 3 aromatic rings. The lowest BCUT2D eigenvalue weighted by molar-refractivity contribution is -0.142. The molecule has 4 rings (SSSR count). The molecule has 0 spiro atoms. The molecule has 33 heavy (non-hydrogen) atoms. The number of hydrogen-bond acceptors (Lipinski definition) is 7. The van der Waals surface area contributed by atoms with E-state index in [9.17, 15) is 24.6 Å². The number of ether oxygens (including phenoxy) is 2. The maximum absolute atomic E-state index is 12.5. The van der Waals surface area contributed by atoms with Crippen LogP contribution in [0.5, 0.6) is 17.2 Å². The van der Waals surface area contributed by atoms with E-state index in [0.29, 0.717) is 22.6 Å². The van der Waals surface area contributed by atoms with Crippen molar-refractivity contribution in [2.24, 2.45) is 0 Å². The number of ketones is 1. The van der Waals surface area contributed by atoms with Gasteiger partial charge in [-0.1, -0.05) is 18.2 Å². The molecule has 1 aliphatic rings. The molecule has 1 atom stereocenters. The van der Waals surface area contributed by atoms with Crippen LogP contribution in [0.3, 0.4) is 0 Å². The summed E-state index contributed by atoms with van der Waals surface area (Å²) in [7, 11) is 0. The predicted octanol–water partition coefficient (Wildman–Crippen LogP) is 3.26. The first-order valence-corrected chi connectivity index (χ1v) is 10.8. The number of benzene rings is 2. The summed E-state index contributed by atoms with van der Waals surface area (Å²) in [5.41, 5.74) is 1.04. The van der Waals surface area contributed by atoms with Gasteiger partial charge < -0.3 is 25.0 Å². The lowest BCUT2D eigenvalue weighted by Gasteiger charge is -2.15. The third-order valence-electron chi connectivity index (χ3n) is 4.84. The van der Waals surface area contributed by atoms with Crippen LogP contribution in [0.2, 0.25) is 0 Å². The fourth-order valence-electron chi connectivity index (χ4n) is 3.21. The van der Waals surface area contributed by atoms with Gasteiger partial charge in [-0.05, 0) is 41.3 Å². The first kappa shape index (κ1) is 22.1. The van der Waals surface area contributed by atoms with Crippen molar-refractivity contribution in [1.29, 1.82) is 0 Å². The number of allylic oxidation sites excluding steroid dienone is 1. The molecule has 0 bridgehead atoms. The van der Waals surface area contributed by atoms with Crippen molar-refractivity contribution in [2.45, 2.75) is 12.5 Å². The molecule has 2 aromatic carbocycles. The smallest absolute Gasteiger partial charge is 0.326 e. The minimum Gasteiger partial charge on any atom is -0.508 e. The van der Waals surface area contributed by atoms with Crippen molar-refractivity contribution >= 4 is 35.1 Å². The molecule has 0 saturated carbocycles. The SMILES string of the molecule is O=C(COc1ccc2c(c1)OC(=Cc1cccs1)C2=O)NC(Cc1ccc(O)cc1)C(=O)O. The summed E-state index contributed by atoms with van der Waals surface area (Å²) in [5.74, 6) is -1.13. The molecule has 8 nitrogen and oxygen atoms in total. The van der Waals surface area contributed by atoms with E-state index >= 15 is 0 Å². The first-order chi connectivity index (χ1) is 15.9. The molecule has 1 aliphatic heterocycles. The van der Waals surface area contributed by atoms with Crippen LogP contribution in [0.1, 0.15) is 20.8 Å². The molecule has 0 fully saturated rings. The Morgan fingerprint density at radius 3 is 2.64 bits per heavy atom. The minimum absolute atomic E-state index is 0.0511. The number of carboxylic acid groups (broad SMARTS) is 1. The lowest BCUT2D eigenvalue weighted by Crippen LogP contribution is -2.44.